The molecule has 0 fully saturated rings. The van der Waals surface area contributed by atoms with Crippen molar-refractivity contribution in [3.05, 3.63) is 78.0 Å². The number of hydrogen-bond donors (Lipinski definition) is 1. The zero-order valence-corrected chi connectivity index (χ0v) is 14.4. The molecule has 2 aromatic heterocycles. The molecule has 0 saturated carbocycles. The van der Waals surface area contributed by atoms with Crippen molar-refractivity contribution in [2.24, 2.45) is 0 Å². The van der Waals surface area contributed by atoms with Gasteiger partial charge in [-0.3, -0.25) is 9.78 Å². The first-order valence-corrected chi connectivity index (χ1v) is 8.13. The van der Waals surface area contributed by atoms with E-state index in [2.05, 4.69) is 15.0 Å². The molecule has 146 valence electrons. The summed E-state index contributed by atoms with van der Waals surface area (Å²) in [6.45, 7) is 0.345. The largest absolute Gasteiger partial charge is 0.573 e. The number of alkyl halides is 3. The normalized spacial score (nSPS) is 11.1. The van der Waals surface area contributed by atoms with Crippen LogP contribution in [-0.2, 0) is 13.2 Å². The summed E-state index contributed by atoms with van der Waals surface area (Å²) in [6, 6.07) is 11.6. The average molecular weight is 392 g/mol. The predicted octanol–water partition coefficient (Wildman–Crippen LogP) is 4.08. The quantitative estimate of drug-likeness (QED) is 0.656. The monoisotopic (exact) mass is 392 g/mol. The minimum absolute atomic E-state index is 0.0110. The summed E-state index contributed by atoms with van der Waals surface area (Å²) in [5.74, 6) is 0.128. The average Bonchev–Trinajstić information content (AvgIpc) is 3.14. The van der Waals surface area contributed by atoms with E-state index < -0.39 is 6.36 Å². The van der Waals surface area contributed by atoms with Crippen LogP contribution in [-0.4, -0.2) is 17.3 Å². The number of carbonyl (C=O) groups excluding carboxylic acids is 1. The first-order chi connectivity index (χ1) is 13.4. The van der Waals surface area contributed by atoms with E-state index in [9.17, 15) is 18.0 Å². The number of hydrogen-bond acceptors (Lipinski definition) is 5. The molecule has 3 aromatic rings. The van der Waals surface area contributed by atoms with Crippen LogP contribution >= 0.6 is 0 Å². The van der Waals surface area contributed by atoms with Crippen LogP contribution < -0.4 is 14.8 Å². The number of benzene rings is 1. The van der Waals surface area contributed by atoms with Gasteiger partial charge in [0, 0.05) is 18.9 Å². The summed E-state index contributed by atoms with van der Waals surface area (Å²) < 4.78 is 51.0. The van der Waals surface area contributed by atoms with Crippen LogP contribution in [0.25, 0.3) is 0 Å². The molecule has 6 nitrogen and oxygen atoms in total. The van der Waals surface area contributed by atoms with Crippen molar-refractivity contribution in [1.82, 2.24) is 10.3 Å². The van der Waals surface area contributed by atoms with Gasteiger partial charge < -0.3 is 19.2 Å². The Labute approximate surface area is 157 Å². The molecule has 9 heteroatoms. The second-order valence-electron chi connectivity index (χ2n) is 5.61. The molecule has 0 spiro atoms. The highest BCUT2D eigenvalue weighted by atomic mass is 19.4. The number of ether oxygens (including phenoxy) is 2. The predicted molar refractivity (Wildman–Crippen MR) is 91.6 cm³/mol. The van der Waals surface area contributed by atoms with Gasteiger partial charge in [0.2, 0.25) is 0 Å². The van der Waals surface area contributed by atoms with Crippen LogP contribution in [0.4, 0.5) is 13.2 Å². The Balaban J connectivity index is 1.49. The van der Waals surface area contributed by atoms with Crippen molar-refractivity contribution in [3.8, 4) is 11.5 Å². The van der Waals surface area contributed by atoms with Crippen LogP contribution in [0.5, 0.6) is 11.5 Å². The Morgan fingerprint density at radius 1 is 1.00 bits per heavy atom. The molecule has 0 aliphatic carbocycles. The van der Waals surface area contributed by atoms with Crippen molar-refractivity contribution in [3.63, 3.8) is 0 Å². The highest BCUT2D eigenvalue weighted by Gasteiger charge is 2.30. The van der Waals surface area contributed by atoms with Gasteiger partial charge in [-0.25, -0.2) is 0 Å². The molecule has 0 atom stereocenters. The molecule has 0 saturated heterocycles. The fraction of sp³-hybridized carbons (Fsp3) is 0.158. The second-order valence-corrected chi connectivity index (χ2v) is 5.61. The van der Waals surface area contributed by atoms with Gasteiger partial charge in [0.1, 0.15) is 23.9 Å². The maximum absolute atomic E-state index is 12.1. The fourth-order valence-corrected chi connectivity index (χ4v) is 2.24. The smallest absolute Gasteiger partial charge is 0.486 e. The summed E-state index contributed by atoms with van der Waals surface area (Å²) in [7, 11) is 0. The van der Waals surface area contributed by atoms with Crippen molar-refractivity contribution in [1.29, 1.82) is 0 Å². The summed E-state index contributed by atoms with van der Waals surface area (Å²) in [6.07, 6.45) is -1.48. The molecule has 0 aliphatic heterocycles. The SMILES string of the molecule is O=C(NCc1ccncc1)c1ccc(COc2ccc(OC(F)(F)F)cc2)o1. The fourth-order valence-electron chi connectivity index (χ4n) is 2.24. The van der Waals surface area contributed by atoms with E-state index in [4.69, 9.17) is 9.15 Å². The summed E-state index contributed by atoms with van der Waals surface area (Å²) in [5.41, 5.74) is 0.899. The highest BCUT2D eigenvalue weighted by Crippen LogP contribution is 2.25. The third kappa shape index (κ3) is 5.76. The molecule has 1 amide bonds. The van der Waals surface area contributed by atoms with Crippen molar-refractivity contribution < 1.29 is 31.9 Å². The van der Waals surface area contributed by atoms with Gasteiger partial charge in [0.25, 0.3) is 5.91 Å². The standard InChI is InChI=1S/C19H15F3N2O4/c20-19(21,22)28-15-3-1-14(2-4-15)26-12-16-5-6-17(27-16)18(25)24-11-13-7-9-23-10-8-13/h1-10H,11-12H2,(H,24,25). The number of nitrogens with one attached hydrogen (secondary N) is 1. The summed E-state index contributed by atoms with van der Waals surface area (Å²) in [4.78, 5) is 16.0. The van der Waals surface area contributed by atoms with Crippen molar-refractivity contribution in [2.75, 3.05) is 0 Å². The topological polar surface area (TPSA) is 73.6 Å². The van der Waals surface area contributed by atoms with E-state index in [0.29, 0.717) is 18.1 Å². The molecule has 0 bridgehead atoms. The number of aromatic nitrogens is 1. The number of carbonyl (C=O) groups is 1. The zero-order chi connectivity index (χ0) is 20.0. The molecule has 0 radical (unpaired) electrons. The van der Waals surface area contributed by atoms with Gasteiger partial charge >= 0.3 is 6.36 Å². The third-order valence-electron chi connectivity index (χ3n) is 3.53. The molecule has 0 unspecified atom stereocenters. The van der Waals surface area contributed by atoms with Crippen molar-refractivity contribution in [2.45, 2.75) is 19.5 Å². The molecule has 3 rings (SSSR count). The Kier molecular flexibility index (Phi) is 5.83. The lowest BCUT2D eigenvalue weighted by molar-refractivity contribution is -0.274. The number of halogens is 3. The highest BCUT2D eigenvalue weighted by molar-refractivity contribution is 5.91. The summed E-state index contributed by atoms with van der Waals surface area (Å²) >= 11 is 0. The second kappa shape index (κ2) is 8.47. The van der Waals surface area contributed by atoms with Gasteiger partial charge in [-0.05, 0) is 54.1 Å². The molecular formula is C19H15F3N2O4. The van der Waals surface area contributed by atoms with Gasteiger partial charge in [0.15, 0.2) is 5.76 Å². The molecule has 2 heterocycles. The van der Waals surface area contributed by atoms with E-state index in [1.807, 2.05) is 0 Å². The maximum Gasteiger partial charge on any atom is 0.573 e. The van der Waals surface area contributed by atoms with E-state index in [0.717, 1.165) is 17.7 Å². The molecular weight excluding hydrogens is 377 g/mol. The number of rotatable bonds is 7. The first kappa shape index (κ1) is 19.3. The van der Waals surface area contributed by atoms with Gasteiger partial charge in [-0.1, -0.05) is 0 Å². The van der Waals surface area contributed by atoms with Crippen LogP contribution in [0.2, 0.25) is 0 Å². The van der Waals surface area contributed by atoms with E-state index in [-0.39, 0.29) is 24.0 Å². The molecule has 1 N–H and O–H groups in total. The lowest BCUT2D eigenvalue weighted by atomic mass is 10.2. The van der Waals surface area contributed by atoms with E-state index in [1.54, 1.807) is 30.6 Å². The van der Waals surface area contributed by atoms with Gasteiger partial charge in [0.05, 0.1) is 0 Å². The minimum Gasteiger partial charge on any atom is -0.486 e. The Hall–Kier alpha value is -3.49. The lowest BCUT2D eigenvalue weighted by Gasteiger charge is -2.09. The molecule has 28 heavy (non-hydrogen) atoms. The van der Waals surface area contributed by atoms with Gasteiger partial charge in [-0.2, -0.15) is 0 Å². The summed E-state index contributed by atoms with van der Waals surface area (Å²) in [5, 5.41) is 2.72. The number of amides is 1. The Morgan fingerprint density at radius 2 is 1.68 bits per heavy atom. The zero-order valence-electron chi connectivity index (χ0n) is 14.4. The Morgan fingerprint density at radius 3 is 2.36 bits per heavy atom. The van der Waals surface area contributed by atoms with Crippen molar-refractivity contribution >= 4 is 5.91 Å². The van der Waals surface area contributed by atoms with Gasteiger partial charge in [-0.15, -0.1) is 13.2 Å². The van der Waals surface area contributed by atoms with Crippen LogP contribution in [0.15, 0.2) is 65.3 Å². The first-order valence-electron chi connectivity index (χ1n) is 8.13. The molecule has 0 aliphatic rings. The van der Waals surface area contributed by atoms with Crippen LogP contribution in [0.3, 0.4) is 0 Å². The van der Waals surface area contributed by atoms with E-state index in [1.165, 1.54) is 18.2 Å². The van der Waals surface area contributed by atoms with Crippen LogP contribution in [0.1, 0.15) is 21.9 Å². The Bertz CT molecular complexity index is 909. The number of nitrogens with zero attached hydrogens (tertiary/aromatic N) is 1. The molecule has 1 aromatic carbocycles. The van der Waals surface area contributed by atoms with Crippen LogP contribution in [0, 0.1) is 0 Å². The van der Waals surface area contributed by atoms with E-state index >= 15 is 0 Å². The maximum atomic E-state index is 12.1. The number of furan rings is 1. The number of pyridine rings is 1. The minimum atomic E-state index is -4.75. The third-order valence-corrected chi connectivity index (χ3v) is 3.53. The lowest BCUT2D eigenvalue weighted by Crippen LogP contribution is -2.22.